The highest BCUT2D eigenvalue weighted by Crippen LogP contribution is 2.49. The molecule has 0 bridgehead atoms. The molecule has 38 heavy (non-hydrogen) atoms. The molecule has 0 spiro atoms. The van der Waals surface area contributed by atoms with Crippen molar-refractivity contribution in [1.29, 1.82) is 0 Å². The van der Waals surface area contributed by atoms with Crippen molar-refractivity contribution in [3.05, 3.63) is 58.9 Å². The van der Waals surface area contributed by atoms with Gasteiger partial charge in [0.2, 0.25) is 11.9 Å². The van der Waals surface area contributed by atoms with Gasteiger partial charge in [0, 0.05) is 31.0 Å². The Labute approximate surface area is 223 Å². The SMILES string of the molecule is COc1cc2c(cc1OC)CN(CCCC1(C(=O)Nc3ncc[nH]3)CCc3c1ccc(OC)c3OC)CC2. The number of benzene rings is 2. The van der Waals surface area contributed by atoms with Gasteiger partial charge in [-0.05, 0) is 73.5 Å². The average Bonchev–Trinajstić information content (AvgIpc) is 3.60. The van der Waals surface area contributed by atoms with E-state index in [9.17, 15) is 4.79 Å². The second-order valence-corrected chi connectivity index (χ2v) is 9.91. The fourth-order valence-corrected chi connectivity index (χ4v) is 6.07. The van der Waals surface area contributed by atoms with Gasteiger partial charge in [-0.25, -0.2) is 4.98 Å². The Morgan fingerprint density at radius 3 is 2.47 bits per heavy atom. The molecule has 5 rings (SSSR count). The maximum absolute atomic E-state index is 13.8. The molecule has 1 aliphatic carbocycles. The van der Waals surface area contributed by atoms with E-state index in [1.165, 1.54) is 11.1 Å². The predicted octanol–water partition coefficient (Wildman–Crippen LogP) is 4.11. The predicted molar refractivity (Wildman–Crippen MR) is 145 cm³/mol. The van der Waals surface area contributed by atoms with Gasteiger partial charge in [0.25, 0.3) is 0 Å². The van der Waals surface area contributed by atoms with Gasteiger partial charge in [0.05, 0.1) is 33.9 Å². The second-order valence-electron chi connectivity index (χ2n) is 9.91. The number of hydrogen-bond acceptors (Lipinski definition) is 7. The zero-order valence-electron chi connectivity index (χ0n) is 22.6. The fraction of sp³-hybridized carbons (Fsp3) is 0.448. The number of fused-ring (bicyclic) bond motifs is 2. The average molecular weight is 521 g/mol. The highest BCUT2D eigenvalue weighted by Gasteiger charge is 2.46. The van der Waals surface area contributed by atoms with Crippen molar-refractivity contribution in [1.82, 2.24) is 14.9 Å². The Morgan fingerprint density at radius 1 is 1.03 bits per heavy atom. The van der Waals surface area contributed by atoms with Crippen LogP contribution in [0.15, 0.2) is 36.7 Å². The topological polar surface area (TPSA) is 97.9 Å². The first kappa shape index (κ1) is 25.9. The molecular weight excluding hydrogens is 484 g/mol. The Morgan fingerprint density at radius 2 is 1.79 bits per heavy atom. The number of ether oxygens (including phenoxy) is 4. The highest BCUT2D eigenvalue weighted by molar-refractivity contribution is 5.99. The molecule has 1 atom stereocenters. The summed E-state index contributed by atoms with van der Waals surface area (Å²) in [5, 5.41) is 3.02. The van der Waals surface area contributed by atoms with E-state index in [4.69, 9.17) is 18.9 Å². The van der Waals surface area contributed by atoms with Gasteiger partial charge in [0.15, 0.2) is 23.0 Å². The maximum atomic E-state index is 13.8. The first-order valence-electron chi connectivity index (χ1n) is 13.0. The highest BCUT2D eigenvalue weighted by atomic mass is 16.5. The molecule has 1 aromatic heterocycles. The third-order valence-electron chi connectivity index (χ3n) is 8.01. The zero-order valence-corrected chi connectivity index (χ0v) is 22.6. The summed E-state index contributed by atoms with van der Waals surface area (Å²) in [5.74, 6) is 3.35. The van der Waals surface area contributed by atoms with Gasteiger partial charge >= 0.3 is 0 Å². The molecule has 2 heterocycles. The Kier molecular flexibility index (Phi) is 7.46. The number of rotatable bonds is 10. The van der Waals surface area contributed by atoms with Crippen molar-refractivity contribution >= 4 is 11.9 Å². The van der Waals surface area contributed by atoms with Crippen molar-refractivity contribution in [3.63, 3.8) is 0 Å². The summed E-state index contributed by atoms with van der Waals surface area (Å²) in [5.41, 5.74) is 3.96. The molecule has 0 fully saturated rings. The van der Waals surface area contributed by atoms with E-state index in [2.05, 4.69) is 32.3 Å². The molecule has 1 amide bonds. The Balaban J connectivity index is 1.35. The molecule has 2 aromatic carbocycles. The van der Waals surface area contributed by atoms with Crippen LogP contribution in [0.5, 0.6) is 23.0 Å². The quantitative estimate of drug-likeness (QED) is 0.415. The first-order valence-corrected chi connectivity index (χ1v) is 13.0. The number of aromatic nitrogens is 2. The van der Waals surface area contributed by atoms with E-state index >= 15 is 0 Å². The summed E-state index contributed by atoms with van der Waals surface area (Å²) in [6.45, 7) is 2.71. The van der Waals surface area contributed by atoms with E-state index in [0.717, 1.165) is 73.7 Å². The molecule has 0 saturated carbocycles. The summed E-state index contributed by atoms with van der Waals surface area (Å²) in [6, 6.07) is 8.12. The minimum atomic E-state index is -0.675. The van der Waals surface area contributed by atoms with Crippen LogP contribution in [0.3, 0.4) is 0 Å². The van der Waals surface area contributed by atoms with Gasteiger partial charge < -0.3 is 23.9 Å². The van der Waals surface area contributed by atoms with Crippen molar-refractivity contribution in [2.24, 2.45) is 0 Å². The number of carbonyl (C=O) groups excluding carboxylic acids is 1. The van der Waals surface area contributed by atoms with Crippen LogP contribution in [0.1, 0.15) is 41.5 Å². The number of carbonyl (C=O) groups is 1. The van der Waals surface area contributed by atoms with Gasteiger partial charge in [-0.15, -0.1) is 0 Å². The minimum absolute atomic E-state index is 0.0424. The number of methoxy groups -OCH3 is 4. The second kappa shape index (κ2) is 10.9. The number of hydrogen-bond donors (Lipinski definition) is 2. The number of imidazole rings is 1. The summed E-state index contributed by atoms with van der Waals surface area (Å²) < 4.78 is 22.3. The molecule has 1 unspecified atom stereocenters. The summed E-state index contributed by atoms with van der Waals surface area (Å²) in [7, 11) is 6.63. The summed E-state index contributed by atoms with van der Waals surface area (Å²) >= 11 is 0. The number of nitrogens with zero attached hydrogens (tertiary/aromatic N) is 2. The molecule has 202 valence electrons. The zero-order chi connectivity index (χ0) is 26.7. The molecular formula is C29H36N4O5. The van der Waals surface area contributed by atoms with Crippen LogP contribution in [-0.2, 0) is 29.6 Å². The molecule has 9 heteroatoms. The lowest BCUT2D eigenvalue weighted by Crippen LogP contribution is -2.40. The largest absolute Gasteiger partial charge is 0.493 e. The van der Waals surface area contributed by atoms with Crippen LogP contribution in [-0.4, -0.2) is 62.3 Å². The third-order valence-corrected chi connectivity index (χ3v) is 8.01. The van der Waals surface area contributed by atoms with E-state index in [0.29, 0.717) is 18.1 Å². The lowest BCUT2D eigenvalue weighted by molar-refractivity contribution is -0.122. The molecule has 1 aliphatic heterocycles. The van der Waals surface area contributed by atoms with Crippen molar-refractivity contribution in [2.45, 2.75) is 44.1 Å². The van der Waals surface area contributed by atoms with Gasteiger partial charge in [-0.3, -0.25) is 15.0 Å². The van der Waals surface area contributed by atoms with Crippen molar-refractivity contribution < 1.29 is 23.7 Å². The monoisotopic (exact) mass is 520 g/mol. The fourth-order valence-electron chi connectivity index (χ4n) is 6.07. The van der Waals surface area contributed by atoms with E-state index < -0.39 is 5.41 Å². The van der Waals surface area contributed by atoms with E-state index in [1.54, 1.807) is 40.8 Å². The van der Waals surface area contributed by atoms with Crippen molar-refractivity contribution in [2.75, 3.05) is 46.8 Å². The van der Waals surface area contributed by atoms with Crippen LogP contribution in [0, 0.1) is 0 Å². The molecule has 2 aliphatic rings. The molecule has 0 saturated heterocycles. The summed E-state index contributed by atoms with van der Waals surface area (Å²) in [4.78, 5) is 23.5. The van der Waals surface area contributed by atoms with Crippen LogP contribution in [0.2, 0.25) is 0 Å². The number of anilines is 1. The standard InChI is InChI=1S/C29H36N4O5/c1-35-23-7-6-22-21(26(23)38-4)8-11-29(22,27(34)32-28-30-12-13-31-28)10-5-14-33-15-9-19-16-24(36-2)25(37-3)17-20(19)18-33/h6-7,12-13,16-17H,5,8-11,14-15,18H2,1-4H3,(H2,30,31,32,34). The number of H-pyrrole nitrogens is 1. The number of nitrogens with one attached hydrogen (secondary N) is 2. The first-order chi connectivity index (χ1) is 18.5. The molecule has 9 nitrogen and oxygen atoms in total. The Bertz CT molecular complexity index is 1290. The van der Waals surface area contributed by atoms with Gasteiger partial charge in [0.1, 0.15) is 0 Å². The molecule has 0 radical (unpaired) electrons. The lowest BCUT2D eigenvalue weighted by Gasteiger charge is -2.32. The smallest absolute Gasteiger partial charge is 0.237 e. The normalized spacial score (nSPS) is 18.4. The molecule has 2 N–H and O–H groups in total. The lowest BCUT2D eigenvalue weighted by atomic mass is 9.76. The van der Waals surface area contributed by atoms with Crippen LogP contribution in [0.4, 0.5) is 5.95 Å². The third kappa shape index (κ3) is 4.67. The number of amides is 1. The van der Waals surface area contributed by atoms with Crippen molar-refractivity contribution in [3.8, 4) is 23.0 Å². The minimum Gasteiger partial charge on any atom is -0.493 e. The van der Waals surface area contributed by atoms with Crippen LogP contribution < -0.4 is 24.3 Å². The van der Waals surface area contributed by atoms with Gasteiger partial charge in [-0.2, -0.15) is 0 Å². The number of aromatic amines is 1. The van der Waals surface area contributed by atoms with Gasteiger partial charge in [-0.1, -0.05) is 6.07 Å². The maximum Gasteiger partial charge on any atom is 0.237 e. The van der Waals surface area contributed by atoms with E-state index in [1.807, 2.05) is 12.1 Å². The Hall–Kier alpha value is -3.72. The summed E-state index contributed by atoms with van der Waals surface area (Å²) in [6.07, 6.45) is 7.35. The molecule has 3 aromatic rings. The van der Waals surface area contributed by atoms with Crippen LogP contribution >= 0.6 is 0 Å². The van der Waals surface area contributed by atoms with Crippen LogP contribution in [0.25, 0.3) is 0 Å². The van der Waals surface area contributed by atoms with E-state index in [-0.39, 0.29) is 5.91 Å².